The van der Waals surface area contributed by atoms with Gasteiger partial charge in [-0.15, -0.1) is 0 Å². The Kier molecular flexibility index (Phi) is 3.77. The first-order valence-electron chi connectivity index (χ1n) is 5.71. The largest absolute Gasteiger partial charge is 0.424 e. The minimum atomic E-state index is -4.19. The van der Waals surface area contributed by atoms with Crippen molar-refractivity contribution in [3.8, 4) is 0 Å². The van der Waals surface area contributed by atoms with Crippen LogP contribution in [0.5, 0.6) is 0 Å². The van der Waals surface area contributed by atoms with Crippen molar-refractivity contribution in [3.63, 3.8) is 0 Å². The van der Waals surface area contributed by atoms with Gasteiger partial charge in [0, 0.05) is 25.1 Å². The summed E-state index contributed by atoms with van der Waals surface area (Å²) in [5.74, 6) is 0. The van der Waals surface area contributed by atoms with Crippen LogP contribution < -0.4 is 5.32 Å². The van der Waals surface area contributed by atoms with E-state index in [-0.39, 0.29) is 30.2 Å². The molecule has 0 fully saturated rings. The van der Waals surface area contributed by atoms with Crippen LogP contribution >= 0.6 is 0 Å². The molecule has 0 amide bonds. The fraction of sp³-hybridized carbons (Fsp3) is 0.364. The number of hydrogen-bond donors (Lipinski definition) is 1. The summed E-state index contributed by atoms with van der Waals surface area (Å²) >= 11 is 0. The lowest BCUT2D eigenvalue weighted by Crippen LogP contribution is -2.10. The van der Waals surface area contributed by atoms with Crippen LogP contribution in [0, 0.1) is 10.1 Å². The second kappa shape index (κ2) is 5.35. The zero-order chi connectivity index (χ0) is 14.8. The minimum Gasteiger partial charge on any atom is -0.424 e. The maximum atomic E-state index is 11.9. The number of aromatic nitrogens is 1. The van der Waals surface area contributed by atoms with Gasteiger partial charge in [0.1, 0.15) is 5.52 Å². The van der Waals surface area contributed by atoms with Crippen molar-refractivity contribution in [3.05, 3.63) is 28.3 Å². The molecule has 0 aliphatic carbocycles. The van der Waals surface area contributed by atoms with E-state index in [1.807, 2.05) is 0 Å². The number of alkyl halides is 3. The normalized spacial score (nSPS) is 11.8. The number of hydrogen-bond acceptors (Lipinski definition) is 5. The predicted molar refractivity (Wildman–Crippen MR) is 64.4 cm³/mol. The Morgan fingerprint density at radius 2 is 2.15 bits per heavy atom. The van der Waals surface area contributed by atoms with E-state index in [2.05, 4.69) is 10.3 Å². The highest BCUT2D eigenvalue weighted by molar-refractivity contribution is 5.77. The summed E-state index contributed by atoms with van der Waals surface area (Å²) in [6.07, 6.45) is -5.20. The number of rotatable bonds is 5. The predicted octanol–water partition coefficient (Wildman–Crippen LogP) is 3.49. The fourth-order valence-corrected chi connectivity index (χ4v) is 1.59. The summed E-state index contributed by atoms with van der Waals surface area (Å²) in [5, 5.41) is 13.2. The van der Waals surface area contributed by atoms with Gasteiger partial charge >= 0.3 is 6.18 Å². The molecular weight excluding hydrogens is 279 g/mol. The highest BCUT2D eigenvalue weighted by atomic mass is 19.4. The van der Waals surface area contributed by atoms with E-state index in [4.69, 9.17) is 4.42 Å². The average molecular weight is 289 g/mol. The van der Waals surface area contributed by atoms with Crippen molar-refractivity contribution in [2.24, 2.45) is 0 Å². The molecule has 0 saturated heterocycles. The van der Waals surface area contributed by atoms with Crippen molar-refractivity contribution in [1.29, 1.82) is 0 Å². The Morgan fingerprint density at radius 3 is 2.80 bits per heavy atom. The Bertz CT molecular complexity index is 624. The number of nitrogens with zero attached hydrogens (tertiary/aromatic N) is 2. The third kappa shape index (κ3) is 3.59. The number of nitro groups is 1. The first kappa shape index (κ1) is 14.1. The van der Waals surface area contributed by atoms with Crippen molar-refractivity contribution in [2.75, 3.05) is 11.9 Å². The summed E-state index contributed by atoms with van der Waals surface area (Å²) in [6.45, 7) is 0.0500. The second-order valence-electron chi connectivity index (χ2n) is 4.07. The summed E-state index contributed by atoms with van der Waals surface area (Å²) in [5.41, 5.74) is 0.473. The van der Waals surface area contributed by atoms with Gasteiger partial charge in [0.2, 0.25) is 0 Å². The number of halogens is 3. The lowest BCUT2D eigenvalue weighted by Gasteiger charge is -2.05. The smallest absolute Gasteiger partial charge is 0.389 e. The van der Waals surface area contributed by atoms with Crippen LogP contribution in [0.2, 0.25) is 0 Å². The van der Waals surface area contributed by atoms with E-state index in [0.717, 1.165) is 0 Å². The number of nitrogens with one attached hydrogen (secondary N) is 1. The molecule has 1 aromatic carbocycles. The van der Waals surface area contributed by atoms with Crippen LogP contribution in [0.4, 0.5) is 24.9 Å². The average Bonchev–Trinajstić information content (AvgIpc) is 2.75. The SMILES string of the molecule is O=[N+]([O-])c1ccc2oc(NCCCC(F)(F)F)nc2c1. The Morgan fingerprint density at radius 1 is 1.40 bits per heavy atom. The van der Waals surface area contributed by atoms with Crippen LogP contribution in [0.1, 0.15) is 12.8 Å². The van der Waals surface area contributed by atoms with Crippen LogP contribution in [-0.4, -0.2) is 22.6 Å². The maximum Gasteiger partial charge on any atom is 0.389 e. The molecule has 20 heavy (non-hydrogen) atoms. The second-order valence-corrected chi connectivity index (χ2v) is 4.07. The molecule has 108 valence electrons. The number of benzene rings is 1. The monoisotopic (exact) mass is 289 g/mol. The van der Waals surface area contributed by atoms with E-state index in [1.165, 1.54) is 18.2 Å². The van der Waals surface area contributed by atoms with E-state index in [0.29, 0.717) is 5.58 Å². The van der Waals surface area contributed by atoms with Crippen LogP contribution in [0.15, 0.2) is 22.6 Å². The Hall–Kier alpha value is -2.32. The van der Waals surface area contributed by atoms with Crippen molar-refractivity contribution < 1.29 is 22.5 Å². The minimum absolute atomic E-state index is 0.0441. The van der Waals surface area contributed by atoms with E-state index < -0.39 is 17.5 Å². The van der Waals surface area contributed by atoms with Gasteiger partial charge < -0.3 is 9.73 Å². The molecule has 0 bridgehead atoms. The standard InChI is InChI=1S/C11H10F3N3O3/c12-11(13,14)4-1-5-15-10-16-8-6-7(17(18)19)2-3-9(8)20-10/h2-3,6H,1,4-5H2,(H,15,16). The summed E-state index contributed by atoms with van der Waals surface area (Å²) < 4.78 is 41.0. The molecule has 9 heteroatoms. The third-order valence-electron chi connectivity index (χ3n) is 2.50. The van der Waals surface area contributed by atoms with Crippen molar-refractivity contribution >= 4 is 22.8 Å². The molecule has 0 aliphatic heterocycles. The Balaban J connectivity index is 1.99. The van der Waals surface area contributed by atoms with Gasteiger partial charge in [0.25, 0.3) is 11.7 Å². The van der Waals surface area contributed by atoms with E-state index >= 15 is 0 Å². The Labute approximate surface area is 110 Å². The van der Waals surface area contributed by atoms with E-state index in [1.54, 1.807) is 0 Å². The van der Waals surface area contributed by atoms with Crippen LogP contribution in [0.25, 0.3) is 11.1 Å². The number of oxazole rings is 1. The maximum absolute atomic E-state index is 11.9. The molecule has 0 aliphatic rings. The summed E-state index contributed by atoms with van der Waals surface area (Å²) in [7, 11) is 0. The molecule has 2 aromatic rings. The molecule has 1 aromatic heterocycles. The zero-order valence-corrected chi connectivity index (χ0v) is 10.1. The molecule has 0 atom stereocenters. The van der Waals surface area contributed by atoms with Gasteiger partial charge in [-0.25, -0.2) is 0 Å². The fourth-order valence-electron chi connectivity index (χ4n) is 1.59. The van der Waals surface area contributed by atoms with Crippen LogP contribution in [0.3, 0.4) is 0 Å². The molecule has 2 rings (SSSR count). The lowest BCUT2D eigenvalue weighted by molar-refractivity contribution is -0.384. The molecule has 1 heterocycles. The quantitative estimate of drug-likeness (QED) is 0.517. The van der Waals surface area contributed by atoms with Gasteiger partial charge in [0.15, 0.2) is 5.58 Å². The molecule has 0 saturated carbocycles. The van der Waals surface area contributed by atoms with Gasteiger partial charge in [0.05, 0.1) is 4.92 Å². The van der Waals surface area contributed by atoms with E-state index in [9.17, 15) is 23.3 Å². The molecule has 6 nitrogen and oxygen atoms in total. The van der Waals surface area contributed by atoms with Crippen molar-refractivity contribution in [2.45, 2.75) is 19.0 Å². The van der Waals surface area contributed by atoms with Gasteiger partial charge in [-0.2, -0.15) is 18.2 Å². The van der Waals surface area contributed by atoms with Gasteiger partial charge in [-0.1, -0.05) is 0 Å². The molecule has 0 spiro atoms. The molecule has 0 unspecified atom stereocenters. The highest BCUT2D eigenvalue weighted by Gasteiger charge is 2.25. The van der Waals surface area contributed by atoms with Crippen molar-refractivity contribution in [1.82, 2.24) is 4.98 Å². The number of fused-ring (bicyclic) bond motifs is 1. The number of nitro benzene ring substituents is 1. The number of anilines is 1. The molecule has 0 radical (unpaired) electrons. The summed E-state index contributed by atoms with van der Waals surface area (Å²) in [4.78, 5) is 13.9. The molecule has 1 N–H and O–H groups in total. The van der Waals surface area contributed by atoms with Gasteiger partial charge in [-0.3, -0.25) is 10.1 Å². The summed E-state index contributed by atoms with van der Waals surface area (Å²) in [6, 6.07) is 3.94. The first-order chi connectivity index (χ1) is 9.35. The topological polar surface area (TPSA) is 81.2 Å². The number of non-ortho nitro benzene ring substituents is 1. The van der Waals surface area contributed by atoms with Gasteiger partial charge in [-0.05, 0) is 12.5 Å². The van der Waals surface area contributed by atoms with Crippen LogP contribution in [-0.2, 0) is 0 Å². The third-order valence-corrected chi connectivity index (χ3v) is 2.50. The lowest BCUT2D eigenvalue weighted by atomic mass is 10.3. The molecular formula is C11H10F3N3O3. The highest BCUT2D eigenvalue weighted by Crippen LogP contribution is 2.24. The first-order valence-corrected chi connectivity index (χ1v) is 5.71. The zero-order valence-electron chi connectivity index (χ0n) is 10.1.